The Kier molecular flexibility index (Phi) is 11.6. The highest BCUT2D eigenvalue weighted by atomic mass is 16.6. The third kappa shape index (κ3) is 10.5. The lowest BCUT2D eigenvalue weighted by Gasteiger charge is -2.07. The summed E-state index contributed by atoms with van der Waals surface area (Å²) in [5, 5.41) is 4.78. The van der Waals surface area contributed by atoms with Crippen LogP contribution in [0.25, 0.3) is 0 Å². The van der Waals surface area contributed by atoms with Crippen LogP contribution in [0.5, 0.6) is 11.5 Å². The minimum absolute atomic E-state index is 0.478. The number of ether oxygens (including phenoxy) is 2. The summed E-state index contributed by atoms with van der Waals surface area (Å²) in [5.74, 6) is 1.01. The van der Waals surface area contributed by atoms with Gasteiger partial charge in [-0.1, -0.05) is 0 Å². The van der Waals surface area contributed by atoms with Crippen LogP contribution >= 0.6 is 0 Å². The molecule has 34 heavy (non-hydrogen) atoms. The van der Waals surface area contributed by atoms with Gasteiger partial charge in [-0.15, -0.1) is 0 Å². The number of carbonyl (C=O) groups excluding carboxylic acids is 2. The highest BCUT2D eigenvalue weighted by Gasteiger charge is 2.04. The molecule has 0 aromatic heterocycles. The van der Waals surface area contributed by atoms with E-state index in [2.05, 4.69) is 20.6 Å². The predicted molar refractivity (Wildman–Crippen MR) is 136 cm³/mol. The highest BCUT2D eigenvalue weighted by Crippen LogP contribution is 2.24. The molecule has 2 aromatic rings. The van der Waals surface area contributed by atoms with Crippen molar-refractivity contribution in [1.82, 2.24) is 20.4 Å². The van der Waals surface area contributed by atoms with E-state index < -0.39 is 12.2 Å². The van der Waals surface area contributed by atoms with E-state index in [1.165, 1.54) is 14.1 Å². The molecule has 0 fully saturated rings. The number of benzene rings is 2. The Bertz CT molecular complexity index is 937. The van der Waals surface area contributed by atoms with Gasteiger partial charge < -0.3 is 29.9 Å². The van der Waals surface area contributed by atoms with Crippen molar-refractivity contribution in [3.63, 3.8) is 0 Å². The van der Waals surface area contributed by atoms with Gasteiger partial charge in [-0.3, -0.25) is 0 Å². The molecule has 0 saturated carbocycles. The average Bonchev–Trinajstić information content (AvgIpc) is 2.78. The van der Waals surface area contributed by atoms with Crippen LogP contribution in [-0.2, 0) is 0 Å². The van der Waals surface area contributed by atoms with Crippen molar-refractivity contribution < 1.29 is 19.1 Å². The molecular formula is C24H34N6O4. The minimum atomic E-state index is -0.478. The summed E-state index contributed by atoms with van der Waals surface area (Å²) in [5.41, 5.74) is 3.60. The molecule has 2 amide bonds. The van der Waals surface area contributed by atoms with E-state index in [-0.39, 0.29) is 0 Å². The summed E-state index contributed by atoms with van der Waals surface area (Å²) < 4.78 is 10.0. The second-order valence-electron chi connectivity index (χ2n) is 7.59. The number of carbonyl (C=O) groups is 2. The molecule has 2 rings (SSSR count). The molecule has 0 aliphatic rings. The van der Waals surface area contributed by atoms with Gasteiger partial charge in [-0.25, -0.2) is 19.6 Å². The Morgan fingerprint density at radius 2 is 1.09 bits per heavy atom. The molecule has 0 spiro atoms. The Labute approximate surface area is 201 Å². The van der Waals surface area contributed by atoms with Gasteiger partial charge in [0.25, 0.3) is 0 Å². The summed E-state index contributed by atoms with van der Waals surface area (Å²) in [6.45, 7) is 3.83. The van der Waals surface area contributed by atoms with Crippen LogP contribution in [0.1, 0.15) is 11.1 Å². The maximum Gasteiger partial charge on any atom is 0.412 e. The van der Waals surface area contributed by atoms with Crippen LogP contribution in [-0.4, -0.2) is 76.9 Å². The van der Waals surface area contributed by atoms with Crippen LogP contribution in [0.3, 0.4) is 0 Å². The van der Waals surface area contributed by atoms with Crippen molar-refractivity contribution in [2.75, 3.05) is 42.3 Å². The molecule has 0 radical (unpaired) electrons. The number of hydrogen-bond acceptors (Lipinski definition) is 6. The zero-order chi connectivity index (χ0) is 25.7. The fourth-order valence-electron chi connectivity index (χ4n) is 2.34. The second-order valence-corrected chi connectivity index (χ2v) is 7.59. The Balaban J connectivity index is 0.000000340. The standard InChI is InChI=1S/2C12H17N3O2/c2*1-9-7-10(17-12(16)13-2)5-6-11(9)14-8-15(3)4/h2*5-8H,1-4H3,(H,13,16)/b14-8+;. The van der Waals surface area contributed by atoms with E-state index in [9.17, 15) is 9.59 Å². The van der Waals surface area contributed by atoms with Crippen molar-refractivity contribution in [3.8, 4) is 11.5 Å². The average molecular weight is 471 g/mol. The molecule has 2 N–H and O–H groups in total. The Hall–Kier alpha value is -4.08. The van der Waals surface area contributed by atoms with Gasteiger partial charge in [0, 0.05) is 42.3 Å². The van der Waals surface area contributed by atoms with E-state index in [4.69, 9.17) is 9.47 Å². The van der Waals surface area contributed by atoms with Crippen LogP contribution < -0.4 is 20.1 Å². The molecule has 0 heterocycles. The fraction of sp³-hybridized carbons (Fsp3) is 0.333. The third-order valence-electron chi connectivity index (χ3n) is 4.02. The first-order valence-corrected chi connectivity index (χ1v) is 10.5. The van der Waals surface area contributed by atoms with Gasteiger partial charge in [0.05, 0.1) is 24.1 Å². The van der Waals surface area contributed by atoms with E-state index >= 15 is 0 Å². The van der Waals surface area contributed by atoms with Gasteiger partial charge in [-0.2, -0.15) is 0 Å². The van der Waals surface area contributed by atoms with E-state index in [1.807, 2.05) is 64.0 Å². The maximum absolute atomic E-state index is 11.0. The highest BCUT2D eigenvalue weighted by molar-refractivity contribution is 5.71. The van der Waals surface area contributed by atoms with Crippen molar-refractivity contribution >= 4 is 36.2 Å². The van der Waals surface area contributed by atoms with Crippen molar-refractivity contribution in [3.05, 3.63) is 47.5 Å². The number of nitrogens with zero attached hydrogens (tertiary/aromatic N) is 4. The van der Waals surface area contributed by atoms with Gasteiger partial charge in [0.2, 0.25) is 0 Å². The number of aryl methyl sites for hydroxylation is 2. The predicted octanol–water partition coefficient (Wildman–Crippen LogP) is 3.87. The number of hydrogen-bond donors (Lipinski definition) is 2. The van der Waals surface area contributed by atoms with E-state index in [0.29, 0.717) is 11.5 Å². The van der Waals surface area contributed by atoms with Crippen molar-refractivity contribution in [2.24, 2.45) is 9.98 Å². The van der Waals surface area contributed by atoms with Crippen LogP contribution in [0, 0.1) is 13.8 Å². The van der Waals surface area contributed by atoms with E-state index in [0.717, 1.165) is 22.5 Å². The number of nitrogens with one attached hydrogen (secondary N) is 2. The number of rotatable bonds is 6. The molecule has 184 valence electrons. The zero-order valence-electron chi connectivity index (χ0n) is 21.0. The second kappa shape index (κ2) is 14.1. The first-order chi connectivity index (χ1) is 16.0. The van der Waals surface area contributed by atoms with E-state index in [1.54, 1.807) is 36.9 Å². The van der Waals surface area contributed by atoms with Crippen molar-refractivity contribution in [1.29, 1.82) is 0 Å². The van der Waals surface area contributed by atoms with Crippen molar-refractivity contribution in [2.45, 2.75) is 13.8 Å². The molecule has 0 bridgehead atoms. The molecule has 0 unspecified atom stereocenters. The van der Waals surface area contributed by atoms with Crippen LogP contribution in [0.4, 0.5) is 21.0 Å². The van der Waals surface area contributed by atoms with Crippen LogP contribution in [0.2, 0.25) is 0 Å². The molecule has 0 atom stereocenters. The molecule has 10 heteroatoms. The SMILES string of the molecule is CNC(=O)Oc1ccc(/N=C/N(C)C)c(C)c1.CNC(=O)Oc1ccc(N=CN(C)C)c(C)c1. The Morgan fingerprint density at radius 3 is 1.35 bits per heavy atom. The van der Waals surface area contributed by atoms with Gasteiger partial charge in [0.15, 0.2) is 0 Å². The normalized spacial score (nSPS) is 10.4. The number of aliphatic imine (C=N–C) groups is 2. The van der Waals surface area contributed by atoms with Gasteiger partial charge in [0.1, 0.15) is 11.5 Å². The molecule has 10 nitrogen and oxygen atoms in total. The summed E-state index contributed by atoms with van der Waals surface area (Å²) in [6, 6.07) is 10.6. The van der Waals surface area contributed by atoms with Gasteiger partial charge >= 0.3 is 12.2 Å². The smallest absolute Gasteiger partial charge is 0.410 e. The molecule has 0 saturated heterocycles. The molecular weight excluding hydrogens is 436 g/mol. The lowest BCUT2D eigenvalue weighted by atomic mass is 10.2. The monoisotopic (exact) mass is 470 g/mol. The first kappa shape index (κ1) is 28.0. The third-order valence-corrected chi connectivity index (χ3v) is 4.02. The summed E-state index contributed by atoms with van der Waals surface area (Å²) in [6.07, 6.45) is 2.49. The maximum atomic E-state index is 11.0. The summed E-state index contributed by atoms with van der Waals surface area (Å²) in [7, 11) is 10.7. The fourth-order valence-corrected chi connectivity index (χ4v) is 2.34. The summed E-state index contributed by atoms with van der Waals surface area (Å²) in [4.78, 5) is 34.3. The molecule has 2 aromatic carbocycles. The minimum Gasteiger partial charge on any atom is -0.410 e. The lowest BCUT2D eigenvalue weighted by molar-refractivity contribution is 0.202. The first-order valence-electron chi connectivity index (χ1n) is 10.5. The lowest BCUT2D eigenvalue weighted by Crippen LogP contribution is -2.22. The summed E-state index contributed by atoms with van der Waals surface area (Å²) >= 11 is 0. The molecule has 0 aliphatic heterocycles. The number of amides is 2. The Morgan fingerprint density at radius 1 is 0.735 bits per heavy atom. The molecule has 0 aliphatic carbocycles. The van der Waals surface area contributed by atoms with Crippen LogP contribution in [0.15, 0.2) is 46.4 Å². The van der Waals surface area contributed by atoms with Gasteiger partial charge in [-0.05, 0) is 61.4 Å². The largest absolute Gasteiger partial charge is 0.412 e. The zero-order valence-corrected chi connectivity index (χ0v) is 21.0. The quantitative estimate of drug-likeness (QED) is 0.490. The topological polar surface area (TPSA) is 108 Å².